The van der Waals surface area contributed by atoms with E-state index in [2.05, 4.69) is 22.5 Å². The molecule has 0 fully saturated rings. The molecule has 6 heteroatoms. The van der Waals surface area contributed by atoms with E-state index in [1.807, 2.05) is 25.1 Å². The quantitative estimate of drug-likeness (QED) is 0.659. The zero-order chi connectivity index (χ0) is 19.8. The summed E-state index contributed by atoms with van der Waals surface area (Å²) in [5.74, 6) is -0.689. The first-order chi connectivity index (χ1) is 12.9. The summed E-state index contributed by atoms with van der Waals surface area (Å²) in [7, 11) is 1.55. The fourth-order valence-corrected chi connectivity index (χ4v) is 2.51. The second kappa shape index (κ2) is 9.33. The molecule has 3 N–H and O–H groups in total. The first-order valence-electron chi connectivity index (χ1n) is 8.58. The Labute approximate surface area is 158 Å². The van der Waals surface area contributed by atoms with E-state index >= 15 is 0 Å². The van der Waals surface area contributed by atoms with Gasteiger partial charge in [0.1, 0.15) is 0 Å². The first kappa shape index (κ1) is 19.9. The highest BCUT2D eigenvalue weighted by molar-refractivity contribution is 6.03. The molecule has 0 aromatic heterocycles. The van der Waals surface area contributed by atoms with E-state index in [9.17, 15) is 14.4 Å². The number of anilines is 2. The van der Waals surface area contributed by atoms with Crippen molar-refractivity contribution >= 4 is 29.1 Å². The summed E-state index contributed by atoms with van der Waals surface area (Å²) in [6, 6.07) is 12.6. The number of benzene rings is 2. The molecular formula is C21H23N3O3. The number of nitrogens with one attached hydrogen (secondary N) is 3. The lowest BCUT2D eigenvalue weighted by Gasteiger charge is -2.11. The van der Waals surface area contributed by atoms with Gasteiger partial charge in [-0.05, 0) is 49.2 Å². The van der Waals surface area contributed by atoms with Crippen molar-refractivity contribution in [2.75, 3.05) is 17.7 Å². The van der Waals surface area contributed by atoms with Crippen LogP contribution in [0.5, 0.6) is 0 Å². The van der Waals surface area contributed by atoms with Gasteiger partial charge >= 0.3 is 0 Å². The van der Waals surface area contributed by atoms with Gasteiger partial charge in [0.05, 0.1) is 11.3 Å². The topological polar surface area (TPSA) is 87.3 Å². The van der Waals surface area contributed by atoms with E-state index < -0.39 is 0 Å². The predicted molar refractivity (Wildman–Crippen MR) is 107 cm³/mol. The molecular weight excluding hydrogens is 342 g/mol. The van der Waals surface area contributed by atoms with E-state index in [0.717, 1.165) is 11.1 Å². The molecule has 0 radical (unpaired) electrons. The van der Waals surface area contributed by atoms with Crippen molar-refractivity contribution in [1.82, 2.24) is 5.32 Å². The molecule has 3 amide bonds. The maximum absolute atomic E-state index is 12.3. The molecule has 0 unspecified atom stereocenters. The summed E-state index contributed by atoms with van der Waals surface area (Å²) in [5, 5.41) is 8.05. The Morgan fingerprint density at radius 2 is 1.74 bits per heavy atom. The summed E-state index contributed by atoms with van der Waals surface area (Å²) in [4.78, 5) is 35.5. The Bertz CT molecular complexity index is 857. The van der Waals surface area contributed by atoms with Gasteiger partial charge < -0.3 is 16.0 Å². The van der Waals surface area contributed by atoms with Crippen LogP contribution in [0.2, 0.25) is 0 Å². The van der Waals surface area contributed by atoms with Crippen LogP contribution in [0.4, 0.5) is 11.4 Å². The maximum atomic E-state index is 12.3. The summed E-state index contributed by atoms with van der Waals surface area (Å²) < 4.78 is 0. The second-order valence-electron chi connectivity index (χ2n) is 6.07. The Hall–Kier alpha value is -3.41. The third-order valence-electron chi connectivity index (χ3n) is 3.97. The van der Waals surface area contributed by atoms with Crippen LogP contribution in [0.3, 0.4) is 0 Å². The number of carbonyl (C=O) groups is 3. The minimum absolute atomic E-state index is 0.173. The van der Waals surface area contributed by atoms with Gasteiger partial charge in [0, 0.05) is 19.2 Å². The van der Waals surface area contributed by atoms with Gasteiger partial charge in [-0.25, -0.2) is 0 Å². The summed E-state index contributed by atoms with van der Waals surface area (Å²) in [5.41, 5.74) is 3.51. The molecule has 0 saturated carbocycles. The Morgan fingerprint density at radius 1 is 1.04 bits per heavy atom. The van der Waals surface area contributed by atoms with E-state index in [0.29, 0.717) is 23.4 Å². The fraction of sp³-hybridized carbons (Fsp3) is 0.190. The lowest BCUT2D eigenvalue weighted by atomic mass is 10.1. The van der Waals surface area contributed by atoms with Crippen LogP contribution in [-0.2, 0) is 16.0 Å². The minimum atomic E-state index is -0.271. The number of amides is 3. The van der Waals surface area contributed by atoms with Gasteiger partial charge in [-0.15, -0.1) is 0 Å². The third kappa shape index (κ3) is 5.81. The molecule has 0 spiro atoms. The largest absolute Gasteiger partial charge is 0.355 e. The second-order valence-corrected chi connectivity index (χ2v) is 6.07. The van der Waals surface area contributed by atoms with Crippen LogP contribution in [0.25, 0.3) is 0 Å². The molecule has 0 bridgehead atoms. The fourth-order valence-electron chi connectivity index (χ4n) is 2.51. The number of rotatable bonds is 7. The Kier molecular flexibility index (Phi) is 6.88. The van der Waals surface area contributed by atoms with Gasteiger partial charge in [0.2, 0.25) is 11.8 Å². The van der Waals surface area contributed by atoms with Crippen molar-refractivity contribution in [2.24, 2.45) is 0 Å². The van der Waals surface area contributed by atoms with Crippen molar-refractivity contribution in [3.8, 4) is 0 Å². The molecule has 0 heterocycles. The van der Waals surface area contributed by atoms with E-state index in [4.69, 9.17) is 0 Å². The van der Waals surface area contributed by atoms with Crippen LogP contribution in [0, 0.1) is 6.92 Å². The van der Waals surface area contributed by atoms with Crippen LogP contribution in [0.15, 0.2) is 55.1 Å². The molecule has 0 aliphatic rings. The smallest absolute Gasteiger partial charge is 0.253 e. The molecule has 2 aromatic carbocycles. The van der Waals surface area contributed by atoms with Crippen molar-refractivity contribution < 1.29 is 14.4 Å². The summed E-state index contributed by atoms with van der Waals surface area (Å²) in [6.45, 7) is 5.29. The van der Waals surface area contributed by atoms with Crippen molar-refractivity contribution in [1.29, 1.82) is 0 Å². The molecule has 2 aromatic rings. The third-order valence-corrected chi connectivity index (χ3v) is 3.97. The lowest BCUT2D eigenvalue weighted by Crippen LogP contribution is -2.21. The van der Waals surface area contributed by atoms with Gasteiger partial charge in [-0.1, -0.05) is 30.3 Å². The molecule has 0 saturated heterocycles. The molecule has 2 rings (SSSR count). The van der Waals surface area contributed by atoms with Crippen molar-refractivity contribution in [3.63, 3.8) is 0 Å². The Morgan fingerprint density at radius 3 is 2.37 bits per heavy atom. The van der Waals surface area contributed by atoms with Gasteiger partial charge in [0.15, 0.2) is 0 Å². The number of aryl methyl sites for hydroxylation is 2. The van der Waals surface area contributed by atoms with Gasteiger partial charge in [-0.2, -0.15) is 0 Å². The Balaban J connectivity index is 1.96. The molecule has 27 heavy (non-hydrogen) atoms. The predicted octanol–water partition coefficient (Wildman–Crippen LogP) is 3.05. The molecule has 0 aliphatic heterocycles. The van der Waals surface area contributed by atoms with E-state index in [1.165, 1.54) is 6.08 Å². The van der Waals surface area contributed by atoms with Gasteiger partial charge in [0.25, 0.3) is 5.91 Å². The standard InChI is InChI=1S/C21H23N3O3/c1-4-19(25)23-16-9-6-15(7-10-16)8-12-20(26)24-18-11-5-14(2)13-17(18)21(27)22-3/h4-7,9-11,13H,1,8,12H2,2-3H3,(H,22,27)(H,23,25)(H,24,26). The maximum Gasteiger partial charge on any atom is 0.253 e. The van der Waals surface area contributed by atoms with Crippen molar-refractivity contribution in [3.05, 3.63) is 71.8 Å². The van der Waals surface area contributed by atoms with Crippen LogP contribution in [-0.4, -0.2) is 24.8 Å². The summed E-state index contributed by atoms with van der Waals surface area (Å²) >= 11 is 0. The summed E-state index contributed by atoms with van der Waals surface area (Å²) in [6.07, 6.45) is 2.03. The zero-order valence-electron chi connectivity index (χ0n) is 15.5. The van der Waals surface area contributed by atoms with Crippen LogP contribution < -0.4 is 16.0 Å². The normalized spacial score (nSPS) is 10.0. The van der Waals surface area contributed by atoms with Gasteiger partial charge in [-0.3, -0.25) is 14.4 Å². The highest BCUT2D eigenvalue weighted by Gasteiger charge is 2.12. The molecule has 0 atom stereocenters. The number of hydrogen-bond donors (Lipinski definition) is 3. The average molecular weight is 365 g/mol. The molecule has 6 nitrogen and oxygen atoms in total. The number of carbonyl (C=O) groups excluding carboxylic acids is 3. The highest BCUT2D eigenvalue weighted by Crippen LogP contribution is 2.18. The average Bonchev–Trinajstić information content (AvgIpc) is 2.68. The monoisotopic (exact) mass is 365 g/mol. The zero-order valence-corrected chi connectivity index (χ0v) is 15.5. The minimum Gasteiger partial charge on any atom is -0.355 e. The van der Waals surface area contributed by atoms with Crippen molar-refractivity contribution in [2.45, 2.75) is 19.8 Å². The molecule has 0 aliphatic carbocycles. The van der Waals surface area contributed by atoms with Crippen LogP contribution >= 0.6 is 0 Å². The lowest BCUT2D eigenvalue weighted by molar-refractivity contribution is -0.116. The number of hydrogen-bond acceptors (Lipinski definition) is 3. The highest BCUT2D eigenvalue weighted by atomic mass is 16.2. The van der Waals surface area contributed by atoms with Crippen LogP contribution in [0.1, 0.15) is 27.9 Å². The molecule has 140 valence electrons. The SMILES string of the molecule is C=CC(=O)Nc1ccc(CCC(=O)Nc2ccc(C)cc2C(=O)NC)cc1. The first-order valence-corrected chi connectivity index (χ1v) is 8.58. The van der Waals surface area contributed by atoms with E-state index in [1.54, 1.807) is 31.3 Å². The van der Waals surface area contributed by atoms with E-state index in [-0.39, 0.29) is 24.1 Å².